The minimum absolute atomic E-state index is 0.0126. The van der Waals surface area contributed by atoms with Gasteiger partial charge in [-0.25, -0.2) is 14.8 Å². The van der Waals surface area contributed by atoms with Crippen LogP contribution in [0.1, 0.15) is 24.3 Å². The van der Waals surface area contributed by atoms with Gasteiger partial charge in [0, 0.05) is 24.5 Å². The summed E-state index contributed by atoms with van der Waals surface area (Å²) in [6.07, 6.45) is 2.46. The van der Waals surface area contributed by atoms with Gasteiger partial charge in [-0.15, -0.1) is 11.3 Å². The molecule has 2 amide bonds. The molecule has 0 bridgehead atoms. The molecule has 3 heterocycles. The largest absolute Gasteiger partial charge is 0.370 e. The molecule has 0 fully saturated rings. The van der Waals surface area contributed by atoms with Gasteiger partial charge in [-0.05, 0) is 25.8 Å². The molecule has 21 heavy (non-hydrogen) atoms. The molecule has 0 aliphatic carbocycles. The van der Waals surface area contributed by atoms with Crippen LogP contribution in [-0.4, -0.2) is 40.5 Å². The van der Waals surface area contributed by atoms with Crippen LogP contribution in [0.2, 0.25) is 0 Å². The average molecular weight is 305 g/mol. The molecule has 0 spiro atoms. The van der Waals surface area contributed by atoms with Crippen molar-refractivity contribution < 1.29 is 4.79 Å². The maximum atomic E-state index is 12.0. The van der Waals surface area contributed by atoms with E-state index in [0.29, 0.717) is 13.1 Å². The Labute approximate surface area is 127 Å². The molecule has 0 radical (unpaired) electrons. The standard InChI is InChI=1S/C14H19N5OS/c1-3-15-12-11-9-5-6-19(14(20)16-4-2)7-10(9)21-13(11)18-8-17-12/h8H,3-7H2,1-2H3,(H,16,20)(H,15,17,18). The highest BCUT2D eigenvalue weighted by Crippen LogP contribution is 2.37. The number of anilines is 1. The van der Waals surface area contributed by atoms with E-state index in [1.165, 1.54) is 10.4 Å². The normalized spacial score (nSPS) is 14.1. The summed E-state index contributed by atoms with van der Waals surface area (Å²) in [7, 11) is 0. The van der Waals surface area contributed by atoms with Gasteiger partial charge in [0.05, 0.1) is 11.9 Å². The molecular weight excluding hydrogens is 286 g/mol. The van der Waals surface area contributed by atoms with E-state index in [2.05, 4.69) is 27.5 Å². The molecule has 112 valence electrons. The van der Waals surface area contributed by atoms with Gasteiger partial charge in [0.1, 0.15) is 17.0 Å². The van der Waals surface area contributed by atoms with E-state index in [-0.39, 0.29) is 6.03 Å². The first-order valence-electron chi connectivity index (χ1n) is 7.26. The van der Waals surface area contributed by atoms with Gasteiger partial charge in [-0.1, -0.05) is 0 Å². The molecule has 0 saturated heterocycles. The van der Waals surface area contributed by atoms with E-state index in [9.17, 15) is 4.79 Å². The Kier molecular flexibility index (Phi) is 3.92. The molecule has 1 aliphatic heterocycles. The number of hydrogen-bond acceptors (Lipinski definition) is 5. The quantitative estimate of drug-likeness (QED) is 0.912. The van der Waals surface area contributed by atoms with Crippen LogP contribution in [0.15, 0.2) is 6.33 Å². The van der Waals surface area contributed by atoms with Crippen LogP contribution in [0, 0.1) is 0 Å². The van der Waals surface area contributed by atoms with Crippen LogP contribution in [0.4, 0.5) is 10.6 Å². The number of nitrogens with one attached hydrogen (secondary N) is 2. The van der Waals surface area contributed by atoms with Crippen molar-refractivity contribution in [1.29, 1.82) is 0 Å². The summed E-state index contributed by atoms with van der Waals surface area (Å²) in [6, 6.07) is 0.0126. The Morgan fingerprint density at radius 1 is 1.38 bits per heavy atom. The van der Waals surface area contributed by atoms with E-state index < -0.39 is 0 Å². The Morgan fingerprint density at radius 3 is 3.00 bits per heavy atom. The van der Waals surface area contributed by atoms with Crippen LogP contribution in [0.5, 0.6) is 0 Å². The number of rotatable bonds is 3. The van der Waals surface area contributed by atoms with Gasteiger partial charge in [0.25, 0.3) is 0 Å². The molecule has 3 rings (SSSR count). The Balaban J connectivity index is 1.95. The van der Waals surface area contributed by atoms with Gasteiger partial charge in [0.2, 0.25) is 0 Å². The number of nitrogens with zero attached hydrogens (tertiary/aromatic N) is 3. The first kappa shape index (κ1) is 14.1. The minimum atomic E-state index is 0.0126. The smallest absolute Gasteiger partial charge is 0.317 e. The maximum Gasteiger partial charge on any atom is 0.317 e. The van der Waals surface area contributed by atoms with Gasteiger partial charge in [-0.3, -0.25) is 0 Å². The number of carbonyl (C=O) groups is 1. The van der Waals surface area contributed by atoms with Crippen LogP contribution in [-0.2, 0) is 13.0 Å². The van der Waals surface area contributed by atoms with Gasteiger partial charge in [-0.2, -0.15) is 0 Å². The molecule has 0 aromatic carbocycles. The second kappa shape index (κ2) is 5.85. The zero-order chi connectivity index (χ0) is 14.8. The molecule has 0 atom stereocenters. The Hall–Kier alpha value is -1.89. The minimum Gasteiger partial charge on any atom is -0.370 e. The van der Waals surface area contributed by atoms with Crippen LogP contribution in [0.25, 0.3) is 10.2 Å². The van der Waals surface area contributed by atoms with E-state index in [4.69, 9.17) is 0 Å². The topological polar surface area (TPSA) is 70.2 Å². The van der Waals surface area contributed by atoms with Crippen molar-refractivity contribution in [2.45, 2.75) is 26.8 Å². The zero-order valence-electron chi connectivity index (χ0n) is 12.3. The van der Waals surface area contributed by atoms with Gasteiger partial charge >= 0.3 is 6.03 Å². The molecular formula is C14H19N5OS. The lowest BCUT2D eigenvalue weighted by Gasteiger charge is -2.27. The fraction of sp³-hybridized carbons (Fsp3) is 0.500. The Morgan fingerprint density at radius 2 is 2.24 bits per heavy atom. The third-order valence-corrected chi connectivity index (χ3v) is 4.72. The maximum absolute atomic E-state index is 12.0. The van der Waals surface area contributed by atoms with Crippen molar-refractivity contribution in [1.82, 2.24) is 20.2 Å². The number of carbonyl (C=O) groups excluding carboxylic acids is 1. The molecule has 2 aromatic rings. The monoisotopic (exact) mass is 305 g/mol. The third-order valence-electron chi connectivity index (χ3n) is 3.60. The summed E-state index contributed by atoms with van der Waals surface area (Å²) >= 11 is 1.67. The molecule has 1 aliphatic rings. The zero-order valence-corrected chi connectivity index (χ0v) is 13.1. The first-order valence-corrected chi connectivity index (χ1v) is 8.08. The Bertz CT molecular complexity index is 669. The summed E-state index contributed by atoms with van der Waals surface area (Å²) in [5.74, 6) is 0.909. The molecule has 2 aromatic heterocycles. The number of aromatic nitrogens is 2. The van der Waals surface area contributed by atoms with Crippen molar-refractivity contribution in [3.8, 4) is 0 Å². The van der Waals surface area contributed by atoms with Gasteiger partial charge < -0.3 is 15.5 Å². The van der Waals surface area contributed by atoms with Crippen molar-refractivity contribution in [3.63, 3.8) is 0 Å². The van der Waals surface area contributed by atoms with E-state index in [1.807, 2.05) is 11.8 Å². The lowest BCUT2D eigenvalue weighted by Crippen LogP contribution is -2.42. The molecule has 7 heteroatoms. The molecule has 6 nitrogen and oxygen atoms in total. The van der Waals surface area contributed by atoms with Crippen LogP contribution >= 0.6 is 11.3 Å². The second-order valence-electron chi connectivity index (χ2n) is 4.94. The predicted octanol–water partition coefficient (Wildman–Crippen LogP) is 2.21. The van der Waals surface area contributed by atoms with Crippen molar-refractivity contribution >= 4 is 33.4 Å². The van der Waals surface area contributed by atoms with Crippen molar-refractivity contribution in [2.75, 3.05) is 25.0 Å². The number of fused-ring (bicyclic) bond motifs is 3. The van der Waals surface area contributed by atoms with Crippen molar-refractivity contribution in [2.24, 2.45) is 0 Å². The van der Waals surface area contributed by atoms with E-state index >= 15 is 0 Å². The first-order chi connectivity index (χ1) is 10.2. The highest BCUT2D eigenvalue weighted by atomic mass is 32.1. The van der Waals surface area contributed by atoms with Crippen LogP contribution < -0.4 is 10.6 Å². The summed E-state index contributed by atoms with van der Waals surface area (Å²) in [5.41, 5.74) is 1.30. The summed E-state index contributed by atoms with van der Waals surface area (Å²) in [5, 5.41) is 7.30. The predicted molar refractivity (Wildman–Crippen MR) is 84.8 cm³/mol. The number of amides is 2. The van der Waals surface area contributed by atoms with Crippen LogP contribution in [0.3, 0.4) is 0 Å². The lowest BCUT2D eigenvalue weighted by molar-refractivity contribution is 0.194. The molecule has 2 N–H and O–H groups in total. The van der Waals surface area contributed by atoms with E-state index in [0.717, 1.165) is 35.5 Å². The molecule has 0 unspecified atom stereocenters. The summed E-state index contributed by atoms with van der Waals surface area (Å²) in [4.78, 5) is 24.8. The van der Waals surface area contributed by atoms with Gasteiger partial charge in [0.15, 0.2) is 0 Å². The average Bonchev–Trinajstić information content (AvgIpc) is 2.86. The number of urea groups is 1. The fourth-order valence-corrected chi connectivity index (χ4v) is 3.87. The number of thiophene rings is 1. The lowest BCUT2D eigenvalue weighted by atomic mass is 10.1. The second-order valence-corrected chi connectivity index (χ2v) is 6.03. The molecule has 0 saturated carbocycles. The summed E-state index contributed by atoms with van der Waals surface area (Å²) in [6.45, 7) is 6.89. The van der Waals surface area contributed by atoms with E-state index in [1.54, 1.807) is 17.7 Å². The summed E-state index contributed by atoms with van der Waals surface area (Å²) < 4.78 is 0. The number of hydrogen-bond donors (Lipinski definition) is 2. The van der Waals surface area contributed by atoms with Crippen molar-refractivity contribution in [3.05, 3.63) is 16.8 Å². The fourth-order valence-electron chi connectivity index (χ4n) is 2.67. The third kappa shape index (κ3) is 2.53. The SMILES string of the molecule is CCNC(=O)N1CCc2c(sc3ncnc(NCC)c23)C1. The highest BCUT2D eigenvalue weighted by molar-refractivity contribution is 7.19. The highest BCUT2D eigenvalue weighted by Gasteiger charge is 2.25.